The van der Waals surface area contributed by atoms with Gasteiger partial charge in [-0.2, -0.15) is 0 Å². The minimum Gasteiger partial charge on any atom is -0.339 e. The molecule has 2 N–H and O–H groups in total. The summed E-state index contributed by atoms with van der Waals surface area (Å²) in [6, 6.07) is 9.67. The van der Waals surface area contributed by atoms with Crippen molar-refractivity contribution in [3.8, 4) is 0 Å². The molecule has 3 heteroatoms. The summed E-state index contributed by atoms with van der Waals surface area (Å²) in [6.07, 6.45) is 0.598. The third-order valence-electron chi connectivity index (χ3n) is 3.08. The SMILES string of the molecule is CC(C)CN(C(=O)[C@@H](N)Cc1ccccc1)C(C)C. The van der Waals surface area contributed by atoms with Crippen LogP contribution in [0.2, 0.25) is 0 Å². The molecule has 0 aliphatic carbocycles. The first kappa shape index (κ1) is 15.7. The van der Waals surface area contributed by atoms with Crippen LogP contribution in [0, 0.1) is 5.92 Å². The molecule has 0 heterocycles. The molecule has 0 fully saturated rings. The lowest BCUT2D eigenvalue weighted by atomic mass is 10.0. The average Bonchev–Trinajstić information content (AvgIpc) is 2.35. The molecule has 1 aromatic rings. The van der Waals surface area contributed by atoms with E-state index in [0.717, 1.165) is 12.1 Å². The highest BCUT2D eigenvalue weighted by Gasteiger charge is 2.23. The lowest BCUT2D eigenvalue weighted by Gasteiger charge is -2.31. The zero-order chi connectivity index (χ0) is 14.4. The van der Waals surface area contributed by atoms with Crippen LogP contribution in [0.5, 0.6) is 0 Å². The maximum absolute atomic E-state index is 12.4. The molecule has 0 radical (unpaired) electrons. The van der Waals surface area contributed by atoms with Crippen LogP contribution >= 0.6 is 0 Å². The Kier molecular flexibility index (Phi) is 6.03. The van der Waals surface area contributed by atoms with Crippen molar-refractivity contribution < 1.29 is 4.79 Å². The predicted octanol–water partition coefficient (Wildman–Crippen LogP) is 2.45. The first-order valence-electron chi connectivity index (χ1n) is 7.01. The van der Waals surface area contributed by atoms with E-state index in [1.807, 2.05) is 49.1 Å². The maximum atomic E-state index is 12.4. The summed E-state index contributed by atoms with van der Waals surface area (Å²) in [5.41, 5.74) is 7.18. The molecule has 0 aromatic heterocycles. The van der Waals surface area contributed by atoms with Crippen molar-refractivity contribution in [2.75, 3.05) is 6.54 Å². The molecule has 1 aromatic carbocycles. The Balaban J connectivity index is 2.68. The van der Waals surface area contributed by atoms with Gasteiger partial charge in [0.1, 0.15) is 0 Å². The zero-order valence-electron chi connectivity index (χ0n) is 12.5. The molecule has 0 saturated heterocycles. The third-order valence-corrected chi connectivity index (χ3v) is 3.08. The highest BCUT2D eigenvalue weighted by Crippen LogP contribution is 2.09. The van der Waals surface area contributed by atoms with Crippen LogP contribution in [0.4, 0.5) is 0 Å². The van der Waals surface area contributed by atoms with Crippen LogP contribution in [0.25, 0.3) is 0 Å². The summed E-state index contributed by atoms with van der Waals surface area (Å²) in [4.78, 5) is 14.3. The van der Waals surface area contributed by atoms with Gasteiger partial charge >= 0.3 is 0 Å². The van der Waals surface area contributed by atoms with E-state index in [2.05, 4.69) is 13.8 Å². The number of nitrogens with zero attached hydrogens (tertiary/aromatic N) is 1. The summed E-state index contributed by atoms with van der Waals surface area (Å²) < 4.78 is 0. The first-order valence-corrected chi connectivity index (χ1v) is 7.01. The van der Waals surface area contributed by atoms with Gasteiger partial charge in [-0.1, -0.05) is 44.2 Å². The number of benzene rings is 1. The molecule has 19 heavy (non-hydrogen) atoms. The molecule has 0 bridgehead atoms. The standard InChI is InChI=1S/C16H26N2O/c1-12(2)11-18(13(3)4)16(19)15(17)10-14-8-6-5-7-9-14/h5-9,12-13,15H,10-11,17H2,1-4H3/t15-/m0/s1. The van der Waals surface area contributed by atoms with E-state index in [0.29, 0.717) is 12.3 Å². The van der Waals surface area contributed by atoms with Gasteiger partial charge in [0.25, 0.3) is 0 Å². The Hall–Kier alpha value is -1.35. The number of carbonyl (C=O) groups excluding carboxylic acids is 1. The quantitative estimate of drug-likeness (QED) is 0.856. The molecule has 0 unspecified atom stereocenters. The normalized spacial score (nSPS) is 12.8. The maximum Gasteiger partial charge on any atom is 0.240 e. The molecular formula is C16H26N2O. The first-order chi connectivity index (χ1) is 8.91. The van der Waals surface area contributed by atoms with Gasteiger partial charge < -0.3 is 10.6 Å². The van der Waals surface area contributed by atoms with Crippen molar-refractivity contribution in [2.45, 2.75) is 46.2 Å². The van der Waals surface area contributed by atoms with Crippen molar-refractivity contribution in [3.63, 3.8) is 0 Å². The van der Waals surface area contributed by atoms with Crippen LogP contribution in [0.3, 0.4) is 0 Å². The number of rotatable bonds is 6. The van der Waals surface area contributed by atoms with E-state index in [-0.39, 0.29) is 11.9 Å². The number of hydrogen-bond donors (Lipinski definition) is 1. The smallest absolute Gasteiger partial charge is 0.240 e. The number of amides is 1. The molecule has 3 nitrogen and oxygen atoms in total. The fourth-order valence-electron chi connectivity index (χ4n) is 2.12. The second-order valence-corrected chi connectivity index (χ2v) is 5.77. The van der Waals surface area contributed by atoms with Crippen molar-refractivity contribution in [3.05, 3.63) is 35.9 Å². The second kappa shape index (κ2) is 7.29. The van der Waals surface area contributed by atoms with Gasteiger partial charge in [-0.3, -0.25) is 4.79 Å². The summed E-state index contributed by atoms with van der Waals surface area (Å²) in [5, 5.41) is 0. The molecule has 1 amide bonds. The molecule has 0 saturated carbocycles. The van der Waals surface area contributed by atoms with Crippen molar-refractivity contribution >= 4 is 5.91 Å². The highest BCUT2D eigenvalue weighted by atomic mass is 16.2. The molecule has 0 aliphatic heterocycles. The Labute approximate surface area is 116 Å². The van der Waals surface area contributed by atoms with Gasteiger partial charge in [0.05, 0.1) is 6.04 Å². The molecule has 1 rings (SSSR count). The van der Waals surface area contributed by atoms with Gasteiger partial charge in [-0.05, 0) is 31.7 Å². The van der Waals surface area contributed by atoms with E-state index in [1.54, 1.807) is 0 Å². The van der Waals surface area contributed by atoms with Crippen LogP contribution in [-0.2, 0) is 11.2 Å². The summed E-state index contributed by atoms with van der Waals surface area (Å²) in [6.45, 7) is 9.07. The molecular weight excluding hydrogens is 236 g/mol. The highest BCUT2D eigenvalue weighted by molar-refractivity contribution is 5.82. The fraction of sp³-hybridized carbons (Fsp3) is 0.562. The van der Waals surface area contributed by atoms with Crippen molar-refractivity contribution in [1.82, 2.24) is 4.90 Å². The van der Waals surface area contributed by atoms with E-state index < -0.39 is 6.04 Å². The molecule has 106 valence electrons. The Bertz CT molecular complexity index is 387. The van der Waals surface area contributed by atoms with Crippen LogP contribution in [0.1, 0.15) is 33.3 Å². The van der Waals surface area contributed by atoms with E-state index >= 15 is 0 Å². The largest absolute Gasteiger partial charge is 0.339 e. The summed E-state index contributed by atoms with van der Waals surface area (Å²) >= 11 is 0. The van der Waals surface area contributed by atoms with Crippen LogP contribution < -0.4 is 5.73 Å². The minimum absolute atomic E-state index is 0.0487. The van der Waals surface area contributed by atoms with E-state index in [9.17, 15) is 4.79 Å². The topological polar surface area (TPSA) is 46.3 Å². The van der Waals surface area contributed by atoms with Gasteiger partial charge in [0.2, 0.25) is 5.91 Å². The third kappa shape index (κ3) is 5.03. The fourth-order valence-corrected chi connectivity index (χ4v) is 2.12. The number of hydrogen-bond acceptors (Lipinski definition) is 2. The summed E-state index contributed by atoms with van der Waals surface area (Å²) in [7, 11) is 0. The molecule has 1 atom stereocenters. The van der Waals surface area contributed by atoms with E-state index in [1.165, 1.54) is 0 Å². The zero-order valence-corrected chi connectivity index (χ0v) is 12.5. The minimum atomic E-state index is -0.455. The number of nitrogens with two attached hydrogens (primary N) is 1. The lowest BCUT2D eigenvalue weighted by molar-refractivity contribution is -0.134. The monoisotopic (exact) mass is 262 g/mol. The Morgan fingerprint density at radius 2 is 1.74 bits per heavy atom. The van der Waals surface area contributed by atoms with Crippen LogP contribution in [0.15, 0.2) is 30.3 Å². The molecule has 0 aliphatic rings. The van der Waals surface area contributed by atoms with Crippen molar-refractivity contribution in [1.29, 1.82) is 0 Å². The van der Waals surface area contributed by atoms with Crippen LogP contribution in [-0.4, -0.2) is 29.4 Å². The van der Waals surface area contributed by atoms with Gasteiger partial charge in [-0.15, -0.1) is 0 Å². The van der Waals surface area contributed by atoms with E-state index in [4.69, 9.17) is 5.73 Å². The van der Waals surface area contributed by atoms with Gasteiger partial charge in [0, 0.05) is 12.6 Å². The second-order valence-electron chi connectivity index (χ2n) is 5.77. The van der Waals surface area contributed by atoms with Crippen molar-refractivity contribution in [2.24, 2.45) is 11.7 Å². The number of carbonyl (C=O) groups is 1. The molecule has 0 spiro atoms. The Morgan fingerprint density at radius 1 is 1.16 bits per heavy atom. The van der Waals surface area contributed by atoms with Gasteiger partial charge in [-0.25, -0.2) is 0 Å². The average molecular weight is 262 g/mol. The predicted molar refractivity (Wildman–Crippen MR) is 79.8 cm³/mol. The lowest BCUT2D eigenvalue weighted by Crippen LogP contribution is -2.49. The van der Waals surface area contributed by atoms with Gasteiger partial charge in [0.15, 0.2) is 0 Å². The Morgan fingerprint density at radius 3 is 2.21 bits per heavy atom. The summed E-state index contributed by atoms with van der Waals surface area (Å²) in [5.74, 6) is 0.503.